The molecule has 1 atom stereocenters. The van der Waals surface area contributed by atoms with Gasteiger partial charge in [0, 0.05) is 4.47 Å². The van der Waals surface area contributed by atoms with E-state index in [4.69, 9.17) is 0 Å². The first-order valence-corrected chi connectivity index (χ1v) is 5.86. The van der Waals surface area contributed by atoms with Crippen molar-refractivity contribution in [3.8, 4) is 0 Å². The normalized spacial score (nSPS) is 13.3. The number of nitrogens with one attached hydrogen (secondary N) is 2. The lowest BCUT2D eigenvalue weighted by molar-refractivity contribution is 0.551. The van der Waals surface area contributed by atoms with Crippen molar-refractivity contribution in [1.82, 2.24) is 15.3 Å². The van der Waals surface area contributed by atoms with Crippen LogP contribution in [0.2, 0.25) is 0 Å². The molecule has 0 saturated carbocycles. The third kappa shape index (κ3) is 2.06. The molecule has 0 aliphatic carbocycles. The highest BCUT2D eigenvalue weighted by molar-refractivity contribution is 9.10. The fraction of sp³-hybridized carbons (Fsp3) is 0.364. The van der Waals surface area contributed by atoms with E-state index in [0.29, 0.717) is 6.04 Å². The molecule has 1 aromatic heterocycles. The molecular weight excluding hydrogens is 254 g/mol. The van der Waals surface area contributed by atoms with Crippen LogP contribution in [0.4, 0.5) is 0 Å². The number of nitrogens with zero attached hydrogens (tertiary/aromatic N) is 1. The van der Waals surface area contributed by atoms with Gasteiger partial charge in [-0.15, -0.1) is 0 Å². The van der Waals surface area contributed by atoms with Gasteiger partial charge in [0.25, 0.3) is 0 Å². The van der Waals surface area contributed by atoms with E-state index in [9.17, 15) is 0 Å². The third-order valence-electron chi connectivity index (χ3n) is 2.55. The molecule has 3 nitrogen and oxygen atoms in total. The molecule has 1 aromatic carbocycles. The van der Waals surface area contributed by atoms with Crippen LogP contribution in [0, 0.1) is 0 Å². The van der Waals surface area contributed by atoms with Gasteiger partial charge in [-0.2, -0.15) is 0 Å². The van der Waals surface area contributed by atoms with E-state index in [2.05, 4.69) is 38.1 Å². The van der Waals surface area contributed by atoms with E-state index in [1.54, 1.807) is 0 Å². The number of imidazole rings is 1. The summed E-state index contributed by atoms with van der Waals surface area (Å²) in [4.78, 5) is 7.89. The first-order valence-electron chi connectivity index (χ1n) is 5.07. The molecule has 0 radical (unpaired) electrons. The van der Waals surface area contributed by atoms with Crippen LogP contribution >= 0.6 is 15.9 Å². The van der Waals surface area contributed by atoms with Crippen LogP contribution in [0.25, 0.3) is 11.0 Å². The molecule has 2 N–H and O–H groups in total. The summed E-state index contributed by atoms with van der Waals surface area (Å²) in [5.74, 6) is 1.01. The first-order chi connectivity index (χ1) is 7.24. The predicted molar refractivity (Wildman–Crippen MR) is 65.9 cm³/mol. The van der Waals surface area contributed by atoms with Crippen LogP contribution in [-0.4, -0.2) is 17.0 Å². The summed E-state index contributed by atoms with van der Waals surface area (Å²) in [6, 6.07) is 6.37. The second-order valence-electron chi connectivity index (χ2n) is 3.53. The van der Waals surface area contributed by atoms with E-state index in [1.807, 2.05) is 25.2 Å². The molecule has 0 spiro atoms. The Morgan fingerprint density at radius 2 is 2.33 bits per heavy atom. The number of hydrogen-bond donors (Lipinski definition) is 2. The molecule has 1 heterocycles. The molecular formula is C11H14BrN3. The van der Waals surface area contributed by atoms with Gasteiger partial charge in [-0.1, -0.05) is 22.9 Å². The second-order valence-corrected chi connectivity index (χ2v) is 4.45. The standard InChI is InChI=1S/C11H14BrN3/c1-3-8(13-2)11-14-9-5-4-7(12)6-10(9)15-11/h4-6,8,13H,3H2,1-2H3,(H,14,15). The highest BCUT2D eigenvalue weighted by atomic mass is 79.9. The van der Waals surface area contributed by atoms with Crippen molar-refractivity contribution in [2.45, 2.75) is 19.4 Å². The van der Waals surface area contributed by atoms with Crippen LogP contribution < -0.4 is 5.32 Å². The highest BCUT2D eigenvalue weighted by Gasteiger charge is 2.11. The number of aromatic amines is 1. The van der Waals surface area contributed by atoms with Crippen molar-refractivity contribution in [3.05, 3.63) is 28.5 Å². The Kier molecular flexibility index (Phi) is 3.07. The Morgan fingerprint density at radius 3 is 3.00 bits per heavy atom. The van der Waals surface area contributed by atoms with Crippen LogP contribution in [0.3, 0.4) is 0 Å². The minimum absolute atomic E-state index is 0.302. The van der Waals surface area contributed by atoms with E-state index < -0.39 is 0 Å². The average molecular weight is 268 g/mol. The fourth-order valence-corrected chi connectivity index (χ4v) is 2.06. The van der Waals surface area contributed by atoms with Gasteiger partial charge in [0.2, 0.25) is 0 Å². The zero-order chi connectivity index (χ0) is 10.8. The number of aromatic nitrogens is 2. The minimum Gasteiger partial charge on any atom is -0.341 e. The predicted octanol–water partition coefficient (Wildman–Crippen LogP) is 3.00. The summed E-state index contributed by atoms with van der Waals surface area (Å²) < 4.78 is 1.07. The van der Waals surface area contributed by atoms with Gasteiger partial charge in [0.05, 0.1) is 17.1 Å². The lowest BCUT2D eigenvalue weighted by Gasteiger charge is -2.09. The van der Waals surface area contributed by atoms with Gasteiger partial charge >= 0.3 is 0 Å². The van der Waals surface area contributed by atoms with Crippen molar-refractivity contribution in [2.24, 2.45) is 0 Å². The monoisotopic (exact) mass is 267 g/mol. The van der Waals surface area contributed by atoms with Crippen molar-refractivity contribution in [2.75, 3.05) is 7.05 Å². The SMILES string of the molecule is CCC(NC)c1nc2ccc(Br)cc2[nH]1. The van der Waals surface area contributed by atoms with Gasteiger partial charge in [-0.3, -0.25) is 0 Å². The number of rotatable bonds is 3. The molecule has 0 aliphatic rings. The molecule has 80 valence electrons. The topological polar surface area (TPSA) is 40.7 Å². The van der Waals surface area contributed by atoms with Crippen molar-refractivity contribution >= 4 is 27.0 Å². The van der Waals surface area contributed by atoms with Crippen LogP contribution in [0.1, 0.15) is 25.2 Å². The molecule has 15 heavy (non-hydrogen) atoms. The zero-order valence-corrected chi connectivity index (χ0v) is 10.4. The summed E-state index contributed by atoms with van der Waals surface area (Å²) in [6.07, 6.45) is 1.03. The average Bonchev–Trinajstić information content (AvgIpc) is 2.62. The maximum absolute atomic E-state index is 4.56. The van der Waals surface area contributed by atoms with E-state index in [1.165, 1.54) is 0 Å². The summed E-state index contributed by atoms with van der Waals surface area (Å²) in [5.41, 5.74) is 2.09. The second kappa shape index (κ2) is 4.33. The molecule has 0 bridgehead atoms. The van der Waals surface area contributed by atoms with Crippen LogP contribution in [-0.2, 0) is 0 Å². The molecule has 0 amide bonds. The number of H-pyrrole nitrogens is 1. The van der Waals surface area contributed by atoms with Crippen LogP contribution in [0.15, 0.2) is 22.7 Å². The lowest BCUT2D eigenvalue weighted by Crippen LogP contribution is -2.16. The Balaban J connectivity index is 2.46. The highest BCUT2D eigenvalue weighted by Crippen LogP contribution is 2.21. The Morgan fingerprint density at radius 1 is 1.53 bits per heavy atom. The summed E-state index contributed by atoms with van der Waals surface area (Å²) in [5, 5.41) is 3.24. The van der Waals surface area contributed by atoms with Gasteiger partial charge in [-0.05, 0) is 31.7 Å². The maximum atomic E-state index is 4.56. The zero-order valence-electron chi connectivity index (χ0n) is 8.84. The molecule has 0 aliphatic heterocycles. The Labute approximate surface area is 97.4 Å². The summed E-state index contributed by atoms with van der Waals surface area (Å²) in [6.45, 7) is 2.14. The van der Waals surface area contributed by atoms with Crippen molar-refractivity contribution < 1.29 is 0 Å². The Bertz CT molecular complexity index is 460. The molecule has 2 rings (SSSR count). The van der Waals surface area contributed by atoms with Gasteiger partial charge in [0.15, 0.2) is 0 Å². The molecule has 0 saturated heterocycles. The van der Waals surface area contributed by atoms with E-state index >= 15 is 0 Å². The molecule has 0 fully saturated rings. The van der Waals surface area contributed by atoms with Crippen molar-refractivity contribution in [3.63, 3.8) is 0 Å². The van der Waals surface area contributed by atoms with Crippen LogP contribution in [0.5, 0.6) is 0 Å². The Hall–Kier alpha value is -0.870. The van der Waals surface area contributed by atoms with Gasteiger partial charge in [-0.25, -0.2) is 4.98 Å². The number of halogens is 1. The summed E-state index contributed by atoms with van der Waals surface area (Å²) >= 11 is 3.45. The maximum Gasteiger partial charge on any atom is 0.124 e. The van der Waals surface area contributed by atoms with Gasteiger partial charge in [0.1, 0.15) is 5.82 Å². The quantitative estimate of drug-likeness (QED) is 0.898. The first kappa shape index (κ1) is 10.6. The molecule has 2 aromatic rings. The van der Waals surface area contributed by atoms with Gasteiger partial charge < -0.3 is 10.3 Å². The van der Waals surface area contributed by atoms with E-state index in [0.717, 1.165) is 27.8 Å². The van der Waals surface area contributed by atoms with E-state index in [-0.39, 0.29) is 0 Å². The smallest absolute Gasteiger partial charge is 0.124 e. The minimum atomic E-state index is 0.302. The third-order valence-corrected chi connectivity index (χ3v) is 3.04. The summed E-state index contributed by atoms with van der Waals surface area (Å²) in [7, 11) is 1.96. The fourth-order valence-electron chi connectivity index (χ4n) is 1.70. The number of fused-ring (bicyclic) bond motifs is 1. The van der Waals surface area contributed by atoms with Crippen molar-refractivity contribution in [1.29, 1.82) is 0 Å². The molecule has 1 unspecified atom stereocenters. The number of benzene rings is 1. The lowest BCUT2D eigenvalue weighted by atomic mass is 10.2. The number of hydrogen-bond acceptors (Lipinski definition) is 2. The molecule has 4 heteroatoms. The largest absolute Gasteiger partial charge is 0.341 e.